The number of aliphatic imine (C=N–C) groups is 1. The molecular formula is C19H31N3O2S. The molecule has 0 unspecified atom stereocenters. The molecule has 1 aliphatic rings. The second-order valence-electron chi connectivity index (χ2n) is 6.34. The number of nitrogens with zero attached hydrogens (tertiary/aromatic N) is 2. The summed E-state index contributed by atoms with van der Waals surface area (Å²) in [6.07, 6.45) is 4.31. The molecule has 0 aromatic heterocycles. The first-order chi connectivity index (χ1) is 12.1. The fourth-order valence-electron chi connectivity index (χ4n) is 3.02. The molecule has 1 N–H and O–H groups in total. The molecule has 0 amide bonds. The SMILES string of the molecule is CCNC(=NCC1(SC)CCOCC1)N(C)Cc1ccccc1OC. The Hall–Kier alpha value is -1.40. The van der Waals surface area contributed by atoms with Crippen LogP contribution < -0.4 is 10.1 Å². The maximum Gasteiger partial charge on any atom is 0.194 e. The average Bonchev–Trinajstić information content (AvgIpc) is 2.66. The zero-order valence-corrected chi connectivity index (χ0v) is 16.7. The summed E-state index contributed by atoms with van der Waals surface area (Å²) in [5.74, 6) is 1.85. The Morgan fingerprint density at radius 3 is 2.72 bits per heavy atom. The lowest BCUT2D eigenvalue weighted by Crippen LogP contribution is -2.41. The van der Waals surface area contributed by atoms with E-state index in [0.29, 0.717) is 0 Å². The fourth-order valence-corrected chi connectivity index (χ4v) is 3.79. The molecule has 1 fully saturated rings. The van der Waals surface area contributed by atoms with E-state index in [4.69, 9.17) is 14.5 Å². The van der Waals surface area contributed by atoms with E-state index in [0.717, 1.165) is 63.0 Å². The van der Waals surface area contributed by atoms with E-state index in [1.807, 2.05) is 30.0 Å². The van der Waals surface area contributed by atoms with Crippen LogP contribution in [0.25, 0.3) is 0 Å². The van der Waals surface area contributed by atoms with Gasteiger partial charge in [-0.3, -0.25) is 4.99 Å². The van der Waals surface area contributed by atoms with Crippen LogP contribution in [0.1, 0.15) is 25.3 Å². The van der Waals surface area contributed by atoms with Gasteiger partial charge >= 0.3 is 0 Å². The molecule has 0 aliphatic carbocycles. The predicted molar refractivity (Wildman–Crippen MR) is 107 cm³/mol. The van der Waals surface area contributed by atoms with Crippen LogP contribution >= 0.6 is 11.8 Å². The number of hydrogen-bond acceptors (Lipinski definition) is 4. The van der Waals surface area contributed by atoms with Gasteiger partial charge < -0.3 is 19.7 Å². The Kier molecular flexibility index (Phi) is 7.90. The van der Waals surface area contributed by atoms with Crippen molar-refractivity contribution in [1.82, 2.24) is 10.2 Å². The minimum Gasteiger partial charge on any atom is -0.496 e. The summed E-state index contributed by atoms with van der Waals surface area (Å²) in [5, 5.41) is 3.42. The van der Waals surface area contributed by atoms with Crippen LogP contribution in [0, 0.1) is 0 Å². The number of rotatable bonds is 7. The first-order valence-corrected chi connectivity index (χ1v) is 10.1. The molecule has 0 saturated carbocycles. The van der Waals surface area contributed by atoms with Crippen LogP contribution in [0.15, 0.2) is 29.3 Å². The molecule has 1 heterocycles. The molecule has 0 atom stereocenters. The van der Waals surface area contributed by atoms with E-state index < -0.39 is 0 Å². The van der Waals surface area contributed by atoms with Crippen LogP contribution in [0.3, 0.4) is 0 Å². The van der Waals surface area contributed by atoms with Gasteiger partial charge in [-0.25, -0.2) is 0 Å². The molecular weight excluding hydrogens is 334 g/mol. The maximum atomic E-state index is 5.53. The van der Waals surface area contributed by atoms with Gasteiger partial charge in [-0.2, -0.15) is 11.8 Å². The first-order valence-electron chi connectivity index (χ1n) is 8.88. The highest BCUT2D eigenvalue weighted by Gasteiger charge is 2.31. The van der Waals surface area contributed by atoms with Crippen LogP contribution in [-0.2, 0) is 11.3 Å². The molecule has 0 bridgehead atoms. The highest BCUT2D eigenvalue weighted by Crippen LogP contribution is 2.34. The number of ether oxygens (including phenoxy) is 2. The van der Waals surface area contributed by atoms with Gasteiger partial charge in [-0.1, -0.05) is 18.2 Å². The van der Waals surface area contributed by atoms with Crippen molar-refractivity contribution in [3.05, 3.63) is 29.8 Å². The number of thioether (sulfide) groups is 1. The molecule has 6 heteroatoms. The van der Waals surface area contributed by atoms with Crippen LogP contribution in [-0.4, -0.2) is 62.3 Å². The number of nitrogens with one attached hydrogen (secondary N) is 1. The van der Waals surface area contributed by atoms with Gasteiger partial charge in [0.2, 0.25) is 0 Å². The highest BCUT2D eigenvalue weighted by molar-refractivity contribution is 8.00. The summed E-state index contributed by atoms with van der Waals surface area (Å²) in [4.78, 5) is 7.11. The van der Waals surface area contributed by atoms with Crippen LogP contribution in [0.4, 0.5) is 0 Å². The van der Waals surface area contributed by atoms with Gasteiger partial charge in [-0.05, 0) is 32.1 Å². The van der Waals surface area contributed by atoms with Gasteiger partial charge in [0.15, 0.2) is 5.96 Å². The lowest BCUT2D eigenvalue weighted by Gasteiger charge is -2.34. The summed E-state index contributed by atoms with van der Waals surface area (Å²) in [6, 6.07) is 8.13. The third kappa shape index (κ3) is 5.54. The van der Waals surface area contributed by atoms with Crippen LogP contribution in [0.2, 0.25) is 0 Å². The van der Waals surface area contributed by atoms with Crippen molar-refractivity contribution in [1.29, 1.82) is 0 Å². The fraction of sp³-hybridized carbons (Fsp3) is 0.632. The molecule has 25 heavy (non-hydrogen) atoms. The van der Waals surface area contributed by atoms with Gasteiger partial charge in [0, 0.05) is 43.7 Å². The van der Waals surface area contributed by atoms with Gasteiger partial charge in [0.05, 0.1) is 13.7 Å². The molecule has 1 aliphatic heterocycles. The Balaban J connectivity index is 2.09. The van der Waals surface area contributed by atoms with Gasteiger partial charge in [0.25, 0.3) is 0 Å². The average molecular weight is 366 g/mol. The number of hydrogen-bond donors (Lipinski definition) is 1. The van der Waals surface area contributed by atoms with Crippen molar-refractivity contribution >= 4 is 17.7 Å². The van der Waals surface area contributed by atoms with Crippen molar-refractivity contribution in [3.8, 4) is 5.75 Å². The molecule has 1 aromatic carbocycles. The van der Waals surface area contributed by atoms with Crippen molar-refractivity contribution in [2.75, 3.05) is 46.7 Å². The predicted octanol–water partition coefficient (Wildman–Crippen LogP) is 3.00. The van der Waals surface area contributed by atoms with Crippen molar-refractivity contribution < 1.29 is 9.47 Å². The van der Waals surface area contributed by atoms with E-state index in [9.17, 15) is 0 Å². The molecule has 140 valence electrons. The summed E-state index contributed by atoms with van der Waals surface area (Å²) in [5.41, 5.74) is 1.16. The van der Waals surface area contributed by atoms with Crippen molar-refractivity contribution in [2.24, 2.45) is 4.99 Å². The molecule has 1 saturated heterocycles. The summed E-state index contributed by atoms with van der Waals surface area (Å²) in [7, 11) is 3.79. The minimum absolute atomic E-state index is 0.199. The molecule has 0 radical (unpaired) electrons. The lowest BCUT2D eigenvalue weighted by atomic mass is 9.99. The molecule has 1 aromatic rings. The minimum atomic E-state index is 0.199. The number of para-hydroxylation sites is 1. The monoisotopic (exact) mass is 365 g/mol. The van der Waals surface area contributed by atoms with Gasteiger partial charge in [-0.15, -0.1) is 0 Å². The zero-order chi connectivity index (χ0) is 18.1. The summed E-state index contributed by atoms with van der Waals surface area (Å²) in [6.45, 7) is 6.20. The molecule has 2 rings (SSSR count). The van der Waals surface area contributed by atoms with Crippen molar-refractivity contribution in [3.63, 3.8) is 0 Å². The van der Waals surface area contributed by atoms with Crippen LogP contribution in [0.5, 0.6) is 5.75 Å². The second-order valence-corrected chi connectivity index (χ2v) is 7.61. The highest BCUT2D eigenvalue weighted by atomic mass is 32.2. The smallest absolute Gasteiger partial charge is 0.194 e. The topological polar surface area (TPSA) is 46.1 Å². The van der Waals surface area contributed by atoms with E-state index >= 15 is 0 Å². The van der Waals surface area contributed by atoms with E-state index in [-0.39, 0.29) is 4.75 Å². The van der Waals surface area contributed by atoms with E-state index in [2.05, 4.69) is 36.5 Å². The summed E-state index contributed by atoms with van der Waals surface area (Å²) < 4.78 is 11.2. The summed E-state index contributed by atoms with van der Waals surface area (Å²) >= 11 is 1.92. The number of methoxy groups -OCH3 is 1. The maximum absolute atomic E-state index is 5.53. The quantitative estimate of drug-likeness (QED) is 0.594. The Morgan fingerprint density at radius 2 is 2.08 bits per heavy atom. The second kappa shape index (κ2) is 9.92. The normalized spacial score (nSPS) is 17.2. The molecule has 0 spiro atoms. The Morgan fingerprint density at radius 1 is 1.36 bits per heavy atom. The standard InChI is InChI=1S/C19H31N3O2S/c1-5-20-18(21-15-19(25-4)10-12-24-13-11-19)22(2)14-16-8-6-7-9-17(16)23-3/h6-9H,5,10-15H2,1-4H3,(H,20,21). The Bertz CT molecular complexity index is 559. The Labute approximate surface area is 156 Å². The number of guanidine groups is 1. The van der Waals surface area contributed by atoms with E-state index in [1.165, 1.54) is 0 Å². The lowest BCUT2D eigenvalue weighted by molar-refractivity contribution is 0.0793. The third-order valence-electron chi connectivity index (χ3n) is 4.65. The van der Waals surface area contributed by atoms with E-state index in [1.54, 1.807) is 7.11 Å². The third-order valence-corrected chi connectivity index (χ3v) is 6.05. The van der Waals surface area contributed by atoms with Gasteiger partial charge in [0.1, 0.15) is 5.75 Å². The van der Waals surface area contributed by atoms with Crippen molar-refractivity contribution in [2.45, 2.75) is 31.1 Å². The molecule has 5 nitrogen and oxygen atoms in total. The largest absolute Gasteiger partial charge is 0.496 e. The number of benzene rings is 1. The first kappa shape index (κ1) is 19.9. The zero-order valence-electron chi connectivity index (χ0n) is 15.9.